The van der Waals surface area contributed by atoms with Crippen LogP contribution in [-0.4, -0.2) is 17.1 Å². The number of benzene rings is 1. The summed E-state index contributed by atoms with van der Waals surface area (Å²) in [5.74, 6) is 1.33. The van der Waals surface area contributed by atoms with Gasteiger partial charge < -0.3 is 10.5 Å². The fourth-order valence-electron chi connectivity index (χ4n) is 1.99. The van der Waals surface area contributed by atoms with Gasteiger partial charge in [-0.05, 0) is 38.5 Å². The normalized spacial score (nSPS) is 10.6. The van der Waals surface area contributed by atoms with Gasteiger partial charge in [-0.2, -0.15) is 0 Å². The van der Waals surface area contributed by atoms with Gasteiger partial charge in [0.05, 0.1) is 29.2 Å². The van der Waals surface area contributed by atoms with Crippen molar-refractivity contribution in [1.29, 1.82) is 0 Å². The zero-order valence-corrected chi connectivity index (χ0v) is 12.2. The number of nitrogens with zero attached hydrogens (tertiary/aromatic N) is 2. The number of rotatable bonds is 2. The van der Waals surface area contributed by atoms with E-state index in [2.05, 4.69) is 9.97 Å². The van der Waals surface area contributed by atoms with Crippen LogP contribution in [0.2, 0.25) is 5.02 Å². The molecule has 19 heavy (non-hydrogen) atoms. The van der Waals surface area contributed by atoms with Crippen molar-refractivity contribution in [1.82, 2.24) is 9.97 Å². The summed E-state index contributed by atoms with van der Waals surface area (Å²) in [5, 5.41) is 0.538. The number of nitrogen functional groups attached to an aromatic ring is 1. The molecule has 0 radical (unpaired) electrons. The molecule has 0 spiro atoms. The molecule has 100 valence electrons. The molecule has 2 aromatic rings. The summed E-state index contributed by atoms with van der Waals surface area (Å²) in [7, 11) is 1.59. The van der Waals surface area contributed by atoms with Crippen molar-refractivity contribution < 1.29 is 4.74 Å². The first-order chi connectivity index (χ1) is 8.93. The van der Waals surface area contributed by atoms with Gasteiger partial charge in [-0.1, -0.05) is 11.6 Å². The molecule has 0 saturated heterocycles. The number of anilines is 1. The van der Waals surface area contributed by atoms with Gasteiger partial charge in [0.1, 0.15) is 11.6 Å². The maximum atomic E-state index is 6.17. The lowest BCUT2D eigenvalue weighted by Crippen LogP contribution is -2.03. The fraction of sp³-hybridized carbons (Fsp3) is 0.286. The lowest BCUT2D eigenvalue weighted by Gasteiger charge is -2.13. The Balaban J connectivity index is 2.69. The van der Waals surface area contributed by atoms with Gasteiger partial charge in [-0.3, -0.25) is 0 Å². The Morgan fingerprint density at radius 1 is 1.16 bits per heavy atom. The Kier molecular flexibility index (Phi) is 3.62. The van der Waals surface area contributed by atoms with Crippen molar-refractivity contribution in [3.05, 3.63) is 34.2 Å². The average Bonchev–Trinajstić information content (AvgIpc) is 2.36. The molecule has 1 aromatic carbocycles. The topological polar surface area (TPSA) is 61.0 Å². The first-order valence-electron chi connectivity index (χ1n) is 5.89. The van der Waals surface area contributed by atoms with Gasteiger partial charge >= 0.3 is 0 Å². The van der Waals surface area contributed by atoms with Crippen LogP contribution in [0.3, 0.4) is 0 Å². The van der Waals surface area contributed by atoms with E-state index in [0.29, 0.717) is 28.0 Å². The minimum Gasteiger partial charge on any atom is -0.495 e. The summed E-state index contributed by atoms with van der Waals surface area (Å²) < 4.78 is 5.20. The fourth-order valence-corrected chi connectivity index (χ4v) is 2.23. The van der Waals surface area contributed by atoms with E-state index in [0.717, 1.165) is 16.8 Å². The number of hydrogen-bond acceptors (Lipinski definition) is 4. The molecule has 2 N–H and O–H groups in total. The summed E-state index contributed by atoms with van der Waals surface area (Å²) in [5.41, 5.74) is 10.0. The number of ether oxygens (including phenoxy) is 1. The lowest BCUT2D eigenvalue weighted by atomic mass is 10.0. The molecule has 0 amide bonds. The number of hydrogen-bond donors (Lipinski definition) is 1. The summed E-state index contributed by atoms with van der Waals surface area (Å²) in [4.78, 5) is 8.68. The molecule has 0 unspecified atom stereocenters. The van der Waals surface area contributed by atoms with Crippen molar-refractivity contribution in [3.63, 3.8) is 0 Å². The monoisotopic (exact) mass is 277 g/mol. The van der Waals surface area contributed by atoms with Crippen LogP contribution in [0.4, 0.5) is 5.69 Å². The number of methoxy groups -OCH3 is 1. The maximum Gasteiger partial charge on any atom is 0.137 e. The second kappa shape index (κ2) is 5.05. The first kappa shape index (κ1) is 13.6. The summed E-state index contributed by atoms with van der Waals surface area (Å²) in [6.45, 7) is 5.69. The van der Waals surface area contributed by atoms with Crippen molar-refractivity contribution in [2.45, 2.75) is 20.8 Å². The summed E-state index contributed by atoms with van der Waals surface area (Å²) in [6, 6.07) is 3.71. The molecule has 1 heterocycles. The van der Waals surface area contributed by atoms with Crippen LogP contribution in [0.25, 0.3) is 11.3 Å². The van der Waals surface area contributed by atoms with E-state index in [1.54, 1.807) is 7.11 Å². The Morgan fingerprint density at radius 2 is 1.84 bits per heavy atom. The highest BCUT2D eigenvalue weighted by molar-refractivity contribution is 6.32. The lowest BCUT2D eigenvalue weighted by molar-refractivity contribution is 0.415. The molecule has 0 saturated carbocycles. The molecule has 0 aliphatic rings. The quantitative estimate of drug-likeness (QED) is 0.915. The zero-order valence-electron chi connectivity index (χ0n) is 11.4. The van der Waals surface area contributed by atoms with Gasteiger partial charge in [0.25, 0.3) is 0 Å². The standard InChI is InChI=1S/C14H16ClN3O/c1-7-5-12(19-4)11(15)6-10(7)14-13(16)8(2)17-9(3)18-14/h5-6H,16H2,1-4H3. The number of halogens is 1. The molecular weight excluding hydrogens is 262 g/mol. The predicted octanol–water partition coefficient (Wildman–Crippen LogP) is 3.31. The highest BCUT2D eigenvalue weighted by Gasteiger charge is 2.14. The highest BCUT2D eigenvalue weighted by atomic mass is 35.5. The van der Waals surface area contributed by atoms with E-state index in [1.165, 1.54) is 0 Å². The van der Waals surface area contributed by atoms with E-state index in [1.807, 2.05) is 32.9 Å². The van der Waals surface area contributed by atoms with E-state index in [4.69, 9.17) is 22.1 Å². The summed E-state index contributed by atoms with van der Waals surface area (Å²) in [6.07, 6.45) is 0. The predicted molar refractivity (Wildman–Crippen MR) is 77.7 cm³/mol. The number of aryl methyl sites for hydroxylation is 3. The Hall–Kier alpha value is -1.81. The Bertz CT molecular complexity index is 641. The van der Waals surface area contributed by atoms with Crippen molar-refractivity contribution in [3.8, 4) is 17.0 Å². The smallest absolute Gasteiger partial charge is 0.137 e. The zero-order chi connectivity index (χ0) is 14.2. The van der Waals surface area contributed by atoms with Crippen LogP contribution in [0.5, 0.6) is 5.75 Å². The van der Waals surface area contributed by atoms with Crippen LogP contribution in [0.15, 0.2) is 12.1 Å². The molecule has 4 nitrogen and oxygen atoms in total. The maximum absolute atomic E-state index is 6.17. The van der Waals surface area contributed by atoms with E-state index in [9.17, 15) is 0 Å². The largest absolute Gasteiger partial charge is 0.495 e. The SMILES string of the molecule is COc1cc(C)c(-c2nc(C)nc(C)c2N)cc1Cl. The molecule has 0 fully saturated rings. The molecule has 5 heteroatoms. The van der Waals surface area contributed by atoms with Gasteiger partial charge in [-0.25, -0.2) is 9.97 Å². The number of nitrogens with two attached hydrogens (primary N) is 1. The molecule has 0 aliphatic carbocycles. The van der Waals surface area contributed by atoms with Gasteiger partial charge in [0.15, 0.2) is 0 Å². The van der Waals surface area contributed by atoms with Crippen molar-refractivity contribution in [2.24, 2.45) is 0 Å². The third-order valence-corrected chi connectivity index (χ3v) is 3.30. The molecule has 2 rings (SSSR count). The highest BCUT2D eigenvalue weighted by Crippen LogP contribution is 2.35. The van der Waals surface area contributed by atoms with Gasteiger partial charge in [-0.15, -0.1) is 0 Å². The average molecular weight is 278 g/mol. The molecular formula is C14H16ClN3O. The van der Waals surface area contributed by atoms with E-state index >= 15 is 0 Å². The minimum atomic E-state index is 0.538. The molecule has 0 atom stereocenters. The number of aromatic nitrogens is 2. The Morgan fingerprint density at radius 3 is 2.47 bits per heavy atom. The van der Waals surface area contributed by atoms with E-state index < -0.39 is 0 Å². The molecule has 0 aliphatic heterocycles. The Labute approximate surface area is 117 Å². The molecule has 1 aromatic heterocycles. The molecule has 0 bridgehead atoms. The summed E-state index contributed by atoms with van der Waals surface area (Å²) >= 11 is 6.17. The first-order valence-corrected chi connectivity index (χ1v) is 6.27. The van der Waals surface area contributed by atoms with Crippen molar-refractivity contribution in [2.75, 3.05) is 12.8 Å². The third-order valence-electron chi connectivity index (χ3n) is 3.00. The van der Waals surface area contributed by atoms with Gasteiger partial charge in [0, 0.05) is 5.56 Å². The third kappa shape index (κ3) is 2.49. The second-order valence-electron chi connectivity index (χ2n) is 4.42. The van der Waals surface area contributed by atoms with Crippen LogP contribution in [-0.2, 0) is 0 Å². The van der Waals surface area contributed by atoms with Crippen LogP contribution < -0.4 is 10.5 Å². The minimum absolute atomic E-state index is 0.538. The van der Waals surface area contributed by atoms with E-state index in [-0.39, 0.29) is 0 Å². The second-order valence-corrected chi connectivity index (χ2v) is 4.83. The van der Waals surface area contributed by atoms with Crippen LogP contribution in [0.1, 0.15) is 17.1 Å². The van der Waals surface area contributed by atoms with Crippen molar-refractivity contribution >= 4 is 17.3 Å². The van der Waals surface area contributed by atoms with Crippen LogP contribution in [0, 0.1) is 20.8 Å². The van der Waals surface area contributed by atoms with Gasteiger partial charge in [0.2, 0.25) is 0 Å². The van der Waals surface area contributed by atoms with Crippen LogP contribution >= 0.6 is 11.6 Å².